The Morgan fingerprint density at radius 2 is 2.00 bits per heavy atom. The fourth-order valence-corrected chi connectivity index (χ4v) is 2.63. The second-order valence-corrected chi connectivity index (χ2v) is 6.29. The number of carboxylic acids is 1. The highest BCUT2D eigenvalue weighted by atomic mass is 35.5. The number of hydrogen-bond donors (Lipinski definition) is 3. The number of nitrogens with zero attached hydrogens (tertiary/aromatic N) is 2. The lowest BCUT2D eigenvalue weighted by atomic mass is 10.0. The molecule has 0 radical (unpaired) electrons. The van der Waals surface area contributed by atoms with Crippen molar-refractivity contribution in [1.29, 1.82) is 0 Å². The molecule has 1 atom stereocenters. The Morgan fingerprint density at radius 3 is 2.56 bits per heavy atom. The van der Waals surface area contributed by atoms with Gasteiger partial charge in [-0.15, -0.1) is 0 Å². The maximum Gasteiger partial charge on any atom is 0.374 e. The largest absolute Gasteiger partial charge is 0.475 e. The number of carbonyl (C=O) groups excluding carboxylic acids is 1. The van der Waals surface area contributed by atoms with Crippen LogP contribution in [0.1, 0.15) is 34.4 Å². The van der Waals surface area contributed by atoms with E-state index in [9.17, 15) is 9.59 Å². The van der Waals surface area contributed by atoms with Crippen LogP contribution < -0.4 is 11.1 Å². The summed E-state index contributed by atoms with van der Waals surface area (Å²) >= 11 is 12.1. The maximum atomic E-state index is 11.3. The van der Waals surface area contributed by atoms with Crippen LogP contribution in [-0.2, 0) is 11.2 Å². The summed E-state index contributed by atoms with van der Waals surface area (Å²) in [7, 11) is 0. The molecule has 1 aromatic carbocycles. The van der Waals surface area contributed by atoms with Gasteiger partial charge in [-0.25, -0.2) is 14.8 Å². The molecule has 9 heteroatoms. The average Bonchev–Trinajstić information content (AvgIpc) is 2.51. The van der Waals surface area contributed by atoms with E-state index in [4.69, 9.17) is 34.0 Å². The van der Waals surface area contributed by atoms with Gasteiger partial charge in [-0.2, -0.15) is 0 Å². The Morgan fingerprint density at radius 1 is 1.32 bits per heavy atom. The first kappa shape index (κ1) is 19.0. The minimum atomic E-state index is -1.27. The van der Waals surface area contributed by atoms with Crippen molar-refractivity contribution in [1.82, 2.24) is 9.97 Å². The van der Waals surface area contributed by atoms with Crippen LogP contribution in [0.4, 0.5) is 5.82 Å². The molecular formula is C16H16Cl2N4O3. The standard InChI is InChI=1S/C16H16Cl2N4O3/c1-7-11(5-9-3-4-10(17)6-12(9)18)14(21-8(2)13(19)23)22-15(20-7)16(24)25/h3-4,6,8H,5H2,1-2H3,(H2,19,23)(H,24,25)(H,20,21,22). The molecule has 0 bridgehead atoms. The lowest BCUT2D eigenvalue weighted by Crippen LogP contribution is -2.33. The number of primary amides is 1. The summed E-state index contributed by atoms with van der Waals surface area (Å²) in [5.74, 6) is -2.01. The number of anilines is 1. The van der Waals surface area contributed by atoms with Gasteiger partial charge in [0.2, 0.25) is 11.7 Å². The molecule has 1 aromatic heterocycles. The highest BCUT2D eigenvalue weighted by Crippen LogP contribution is 2.27. The number of amides is 1. The zero-order valence-electron chi connectivity index (χ0n) is 13.5. The van der Waals surface area contributed by atoms with Crippen LogP contribution in [0.15, 0.2) is 18.2 Å². The Balaban J connectivity index is 2.50. The molecule has 25 heavy (non-hydrogen) atoms. The number of benzene rings is 1. The van der Waals surface area contributed by atoms with Crippen LogP contribution in [0.25, 0.3) is 0 Å². The van der Waals surface area contributed by atoms with Gasteiger partial charge in [0.25, 0.3) is 0 Å². The molecule has 1 amide bonds. The molecule has 7 nitrogen and oxygen atoms in total. The summed E-state index contributed by atoms with van der Waals surface area (Å²) < 4.78 is 0. The molecule has 1 unspecified atom stereocenters. The van der Waals surface area contributed by atoms with Crippen LogP contribution in [0.5, 0.6) is 0 Å². The monoisotopic (exact) mass is 382 g/mol. The normalized spacial score (nSPS) is 11.8. The molecule has 0 saturated heterocycles. The number of aromatic nitrogens is 2. The number of rotatable bonds is 6. The lowest BCUT2D eigenvalue weighted by molar-refractivity contribution is -0.118. The van der Waals surface area contributed by atoms with Gasteiger partial charge in [-0.05, 0) is 31.5 Å². The average molecular weight is 383 g/mol. The van der Waals surface area contributed by atoms with Crippen LogP contribution in [0, 0.1) is 6.92 Å². The Hall–Kier alpha value is -2.38. The summed E-state index contributed by atoms with van der Waals surface area (Å²) in [5.41, 5.74) is 7.10. The van der Waals surface area contributed by atoms with E-state index < -0.39 is 17.9 Å². The third kappa shape index (κ3) is 4.58. The van der Waals surface area contributed by atoms with E-state index in [1.807, 2.05) is 0 Å². The second kappa shape index (κ2) is 7.67. The zero-order chi connectivity index (χ0) is 18.7. The van der Waals surface area contributed by atoms with Crippen LogP contribution in [0.3, 0.4) is 0 Å². The maximum absolute atomic E-state index is 11.3. The fourth-order valence-electron chi connectivity index (χ4n) is 2.15. The van der Waals surface area contributed by atoms with E-state index in [0.29, 0.717) is 27.7 Å². The Bertz CT molecular complexity index is 842. The van der Waals surface area contributed by atoms with Gasteiger partial charge in [-0.1, -0.05) is 29.3 Å². The van der Waals surface area contributed by atoms with Gasteiger partial charge >= 0.3 is 5.97 Å². The molecule has 0 spiro atoms. The van der Waals surface area contributed by atoms with Gasteiger partial charge in [0.1, 0.15) is 11.9 Å². The van der Waals surface area contributed by atoms with Crippen molar-refractivity contribution in [2.45, 2.75) is 26.3 Å². The predicted octanol–water partition coefficient (Wildman–Crippen LogP) is 2.67. The molecule has 0 saturated carbocycles. The number of hydrogen-bond acceptors (Lipinski definition) is 5. The van der Waals surface area contributed by atoms with E-state index in [0.717, 1.165) is 5.56 Å². The van der Waals surface area contributed by atoms with Crippen molar-refractivity contribution in [3.05, 3.63) is 50.9 Å². The number of halogens is 2. The molecule has 0 fully saturated rings. The highest BCUT2D eigenvalue weighted by Gasteiger charge is 2.19. The highest BCUT2D eigenvalue weighted by molar-refractivity contribution is 6.35. The van der Waals surface area contributed by atoms with E-state index in [-0.39, 0.29) is 11.6 Å². The van der Waals surface area contributed by atoms with Crippen molar-refractivity contribution in [3.63, 3.8) is 0 Å². The van der Waals surface area contributed by atoms with Gasteiger partial charge in [-0.3, -0.25) is 4.79 Å². The van der Waals surface area contributed by atoms with Crippen LogP contribution >= 0.6 is 23.2 Å². The number of carboxylic acid groups (broad SMARTS) is 1. The summed E-state index contributed by atoms with van der Waals surface area (Å²) in [6.07, 6.45) is 0.329. The summed E-state index contributed by atoms with van der Waals surface area (Å²) in [4.78, 5) is 30.5. The van der Waals surface area contributed by atoms with E-state index in [1.165, 1.54) is 0 Å². The Labute approximate surface area is 154 Å². The molecule has 1 heterocycles. The van der Waals surface area contributed by atoms with Crippen molar-refractivity contribution < 1.29 is 14.7 Å². The first-order chi connectivity index (χ1) is 11.7. The van der Waals surface area contributed by atoms with Gasteiger partial charge in [0.05, 0.1) is 0 Å². The number of nitrogens with two attached hydrogens (primary N) is 1. The summed E-state index contributed by atoms with van der Waals surface area (Å²) in [6.45, 7) is 3.21. The van der Waals surface area contributed by atoms with Crippen molar-refractivity contribution in [2.24, 2.45) is 5.73 Å². The smallest absolute Gasteiger partial charge is 0.374 e. The third-order valence-electron chi connectivity index (χ3n) is 3.57. The van der Waals surface area contributed by atoms with Gasteiger partial charge in [0, 0.05) is 27.7 Å². The fraction of sp³-hybridized carbons (Fsp3) is 0.250. The molecule has 2 rings (SSSR count). The first-order valence-corrected chi connectivity index (χ1v) is 8.05. The molecule has 0 aliphatic heterocycles. The SMILES string of the molecule is Cc1nc(C(=O)O)nc(NC(C)C(N)=O)c1Cc1ccc(Cl)cc1Cl. The van der Waals surface area contributed by atoms with E-state index >= 15 is 0 Å². The van der Waals surface area contributed by atoms with E-state index in [2.05, 4.69) is 15.3 Å². The third-order valence-corrected chi connectivity index (χ3v) is 4.15. The summed E-state index contributed by atoms with van der Waals surface area (Å²) in [5, 5.41) is 13.0. The second-order valence-electron chi connectivity index (χ2n) is 5.45. The molecule has 0 aliphatic rings. The topological polar surface area (TPSA) is 118 Å². The quantitative estimate of drug-likeness (QED) is 0.706. The number of aryl methyl sites for hydroxylation is 1. The molecular weight excluding hydrogens is 367 g/mol. The molecule has 132 valence electrons. The predicted molar refractivity (Wildman–Crippen MR) is 95.3 cm³/mol. The van der Waals surface area contributed by atoms with Crippen LogP contribution in [0.2, 0.25) is 10.0 Å². The Kier molecular flexibility index (Phi) is 5.81. The number of aromatic carboxylic acids is 1. The molecule has 2 aromatic rings. The minimum absolute atomic E-state index is 0.224. The summed E-state index contributed by atoms with van der Waals surface area (Å²) in [6, 6.07) is 4.33. The first-order valence-electron chi connectivity index (χ1n) is 7.29. The number of nitrogens with one attached hydrogen (secondary N) is 1. The van der Waals surface area contributed by atoms with Crippen molar-refractivity contribution in [3.8, 4) is 0 Å². The van der Waals surface area contributed by atoms with Crippen molar-refractivity contribution in [2.75, 3.05) is 5.32 Å². The van der Waals surface area contributed by atoms with E-state index in [1.54, 1.807) is 32.0 Å². The molecule has 0 aliphatic carbocycles. The zero-order valence-corrected chi connectivity index (χ0v) is 15.0. The van der Waals surface area contributed by atoms with Crippen LogP contribution in [-0.4, -0.2) is 33.0 Å². The van der Waals surface area contributed by atoms with Gasteiger partial charge in [0.15, 0.2) is 0 Å². The molecule has 4 N–H and O–H groups in total. The minimum Gasteiger partial charge on any atom is -0.475 e. The lowest BCUT2D eigenvalue weighted by Gasteiger charge is -2.17. The van der Waals surface area contributed by atoms with Crippen molar-refractivity contribution >= 4 is 40.9 Å². The number of carbonyl (C=O) groups is 2. The van der Waals surface area contributed by atoms with Gasteiger partial charge < -0.3 is 16.2 Å².